The molecule has 158 valence electrons. The summed E-state index contributed by atoms with van der Waals surface area (Å²) in [6, 6.07) is 9.59. The van der Waals surface area contributed by atoms with Crippen LogP contribution in [-0.2, 0) is 9.53 Å². The Morgan fingerprint density at radius 1 is 1.10 bits per heavy atom. The smallest absolute Gasteiger partial charge is 0.255 e. The Labute approximate surface area is 181 Å². The summed E-state index contributed by atoms with van der Waals surface area (Å²) in [4.78, 5) is 29.3. The Kier molecular flexibility index (Phi) is 6.26. The van der Waals surface area contributed by atoms with Crippen molar-refractivity contribution < 1.29 is 23.1 Å². The minimum Gasteiger partial charge on any atom is -0.370 e. The first-order chi connectivity index (χ1) is 14.4. The summed E-state index contributed by atoms with van der Waals surface area (Å²) in [6.07, 6.45) is -0.549. The SMILES string of the molecule is O=C(C1CSCN1C(=O)c1ccc(Cl)cc1)N1CCOC(c2ccc(F)c(F)c2)C1. The van der Waals surface area contributed by atoms with Gasteiger partial charge >= 0.3 is 0 Å². The summed E-state index contributed by atoms with van der Waals surface area (Å²) < 4.78 is 32.5. The van der Waals surface area contributed by atoms with E-state index in [9.17, 15) is 18.4 Å². The third kappa shape index (κ3) is 4.31. The molecule has 2 amide bonds. The van der Waals surface area contributed by atoms with E-state index in [4.69, 9.17) is 16.3 Å². The van der Waals surface area contributed by atoms with Gasteiger partial charge in [0.05, 0.1) is 19.0 Å². The summed E-state index contributed by atoms with van der Waals surface area (Å²) in [7, 11) is 0. The maximum absolute atomic E-state index is 13.6. The first kappa shape index (κ1) is 21.1. The number of nitrogens with zero attached hydrogens (tertiary/aromatic N) is 2. The lowest BCUT2D eigenvalue weighted by Gasteiger charge is -2.36. The predicted octanol–water partition coefficient (Wildman–Crippen LogP) is 3.73. The van der Waals surface area contributed by atoms with Crippen LogP contribution in [0.4, 0.5) is 8.78 Å². The van der Waals surface area contributed by atoms with Crippen LogP contribution in [0.1, 0.15) is 22.0 Å². The van der Waals surface area contributed by atoms with E-state index in [0.29, 0.717) is 34.3 Å². The van der Waals surface area contributed by atoms with Crippen molar-refractivity contribution >= 4 is 35.2 Å². The standard InChI is InChI=1S/C21H19ClF2N2O3S/c22-15-4-1-13(2-5-15)20(27)26-12-30-11-18(26)21(28)25-7-8-29-19(10-25)14-3-6-16(23)17(24)9-14/h1-6,9,18-19H,7-8,10-12H2. The minimum absolute atomic E-state index is 0.168. The van der Waals surface area contributed by atoms with E-state index in [-0.39, 0.29) is 25.0 Å². The number of hydrogen-bond donors (Lipinski definition) is 0. The van der Waals surface area contributed by atoms with Crippen molar-refractivity contribution in [2.45, 2.75) is 12.1 Å². The second kappa shape index (κ2) is 8.91. The molecule has 4 rings (SSSR count). The quantitative estimate of drug-likeness (QED) is 0.712. The van der Waals surface area contributed by atoms with E-state index >= 15 is 0 Å². The van der Waals surface area contributed by atoms with Crippen LogP contribution < -0.4 is 0 Å². The fraction of sp³-hybridized carbons (Fsp3) is 0.333. The van der Waals surface area contributed by atoms with Gasteiger partial charge in [0.2, 0.25) is 5.91 Å². The molecule has 2 atom stereocenters. The number of thioether (sulfide) groups is 1. The molecule has 0 saturated carbocycles. The second-order valence-electron chi connectivity index (χ2n) is 7.11. The normalized spacial score (nSPS) is 21.7. The van der Waals surface area contributed by atoms with Gasteiger partial charge in [-0.3, -0.25) is 9.59 Å². The Bertz CT molecular complexity index is 960. The van der Waals surface area contributed by atoms with Crippen LogP contribution >= 0.6 is 23.4 Å². The average molecular weight is 453 g/mol. The number of ether oxygens (including phenoxy) is 1. The van der Waals surface area contributed by atoms with Crippen molar-refractivity contribution in [1.29, 1.82) is 0 Å². The van der Waals surface area contributed by atoms with Crippen LogP contribution in [0.25, 0.3) is 0 Å². The number of morpholine rings is 1. The van der Waals surface area contributed by atoms with Gasteiger partial charge in [-0.15, -0.1) is 11.8 Å². The predicted molar refractivity (Wildman–Crippen MR) is 110 cm³/mol. The summed E-state index contributed by atoms with van der Waals surface area (Å²) in [5.74, 6) is -1.34. The fourth-order valence-electron chi connectivity index (χ4n) is 3.58. The molecule has 0 radical (unpaired) electrons. The molecule has 2 aromatic carbocycles. The molecule has 0 aromatic heterocycles. The number of hydrogen-bond acceptors (Lipinski definition) is 4. The zero-order chi connectivity index (χ0) is 21.3. The molecular formula is C21H19ClF2N2O3S. The second-order valence-corrected chi connectivity index (χ2v) is 8.55. The number of carbonyl (C=O) groups is 2. The molecule has 2 unspecified atom stereocenters. The first-order valence-corrected chi connectivity index (χ1v) is 11.0. The van der Waals surface area contributed by atoms with E-state index in [1.807, 2.05) is 0 Å². The first-order valence-electron chi connectivity index (χ1n) is 9.43. The summed E-state index contributed by atoms with van der Waals surface area (Å²) >= 11 is 7.41. The molecule has 0 spiro atoms. The maximum atomic E-state index is 13.6. The number of benzene rings is 2. The van der Waals surface area contributed by atoms with Gasteiger partial charge in [-0.25, -0.2) is 8.78 Å². The highest BCUT2D eigenvalue weighted by atomic mass is 35.5. The van der Waals surface area contributed by atoms with Crippen molar-refractivity contribution in [3.63, 3.8) is 0 Å². The van der Waals surface area contributed by atoms with Gasteiger partial charge in [0, 0.05) is 22.9 Å². The zero-order valence-electron chi connectivity index (χ0n) is 15.9. The van der Waals surface area contributed by atoms with E-state index < -0.39 is 23.8 Å². The molecule has 2 saturated heterocycles. The number of amides is 2. The Morgan fingerprint density at radius 3 is 2.60 bits per heavy atom. The number of rotatable bonds is 3. The summed E-state index contributed by atoms with van der Waals surface area (Å²) in [5, 5.41) is 0.534. The molecule has 0 N–H and O–H groups in total. The van der Waals surface area contributed by atoms with Crippen molar-refractivity contribution in [3.05, 3.63) is 70.2 Å². The van der Waals surface area contributed by atoms with Gasteiger partial charge in [0.25, 0.3) is 5.91 Å². The van der Waals surface area contributed by atoms with Crippen LogP contribution in [0.5, 0.6) is 0 Å². The van der Waals surface area contributed by atoms with Gasteiger partial charge in [-0.1, -0.05) is 17.7 Å². The van der Waals surface area contributed by atoms with Gasteiger partial charge in [0.1, 0.15) is 12.1 Å². The molecule has 30 heavy (non-hydrogen) atoms. The van der Waals surface area contributed by atoms with Crippen LogP contribution in [0.2, 0.25) is 5.02 Å². The monoisotopic (exact) mass is 452 g/mol. The van der Waals surface area contributed by atoms with E-state index in [1.165, 1.54) is 17.8 Å². The van der Waals surface area contributed by atoms with Crippen molar-refractivity contribution in [1.82, 2.24) is 9.80 Å². The van der Waals surface area contributed by atoms with Gasteiger partial charge < -0.3 is 14.5 Å². The lowest BCUT2D eigenvalue weighted by Crippen LogP contribution is -2.52. The molecule has 2 heterocycles. The molecule has 5 nitrogen and oxygen atoms in total. The summed E-state index contributed by atoms with van der Waals surface area (Å²) in [6.45, 7) is 0.873. The summed E-state index contributed by atoms with van der Waals surface area (Å²) in [5.41, 5.74) is 0.947. The highest BCUT2D eigenvalue weighted by molar-refractivity contribution is 7.99. The number of carbonyl (C=O) groups excluding carboxylic acids is 2. The topological polar surface area (TPSA) is 49.9 Å². The van der Waals surface area contributed by atoms with E-state index in [1.54, 1.807) is 34.1 Å². The van der Waals surface area contributed by atoms with Crippen molar-refractivity contribution in [2.75, 3.05) is 31.3 Å². The third-order valence-electron chi connectivity index (χ3n) is 5.21. The zero-order valence-corrected chi connectivity index (χ0v) is 17.5. The largest absolute Gasteiger partial charge is 0.370 e. The van der Waals surface area contributed by atoms with E-state index in [2.05, 4.69) is 0 Å². The van der Waals surface area contributed by atoms with Crippen molar-refractivity contribution in [3.8, 4) is 0 Å². The number of halogens is 3. The van der Waals surface area contributed by atoms with Crippen LogP contribution in [0, 0.1) is 11.6 Å². The van der Waals surface area contributed by atoms with Gasteiger partial charge in [0.15, 0.2) is 11.6 Å². The molecular weight excluding hydrogens is 434 g/mol. The molecule has 2 fully saturated rings. The van der Waals surface area contributed by atoms with Crippen LogP contribution in [0.3, 0.4) is 0 Å². The van der Waals surface area contributed by atoms with Gasteiger partial charge in [-0.05, 0) is 42.0 Å². The highest BCUT2D eigenvalue weighted by Gasteiger charge is 2.39. The Hall–Kier alpha value is -2.16. The molecule has 2 aliphatic rings. The highest BCUT2D eigenvalue weighted by Crippen LogP contribution is 2.28. The Balaban J connectivity index is 1.47. The Morgan fingerprint density at radius 2 is 1.87 bits per heavy atom. The van der Waals surface area contributed by atoms with E-state index in [0.717, 1.165) is 12.1 Å². The lowest BCUT2D eigenvalue weighted by molar-refractivity contribution is -0.142. The molecule has 0 bridgehead atoms. The van der Waals surface area contributed by atoms with Crippen LogP contribution in [-0.4, -0.2) is 59.0 Å². The lowest BCUT2D eigenvalue weighted by atomic mass is 10.1. The molecule has 2 aromatic rings. The fourth-order valence-corrected chi connectivity index (χ4v) is 4.85. The van der Waals surface area contributed by atoms with Crippen molar-refractivity contribution in [2.24, 2.45) is 0 Å². The maximum Gasteiger partial charge on any atom is 0.255 e. The third-order valence-corrected chi connectivity index (χ3v) is 6.48. The average Bonchev–Trinajstić information content (AvgIpc) is 3.25. The molecule has 2 aliphatic heterocycles. The van der Waals surface area contributed by atoms with Crippen LogP contribution in [0.15, 0.2) is 42.5 Å². The minimum atomic E-state index is -0.952. The van der Waals surface area contributed by atoms with Gasteiger partial charge in [-0.2, -0.15) is 0 Å². The molecule has 9 heteroatoms. The molecule has 0 aliphatic carbocycles.